The Morgan fingerprint density at radius 2 is 2.12 bits per heavy atom. The average Bonchev–Trinajstić information content (AvgIpc) is 2.92. The first kappa shape index (κ1) is 17.1. The topological polar surface area (TPSA) is 117 Å². The molecule has 0 aliphatic carbocycles. The number of allylic oxidation sites excluding steroid dienone is 1. The molecule has 0 saturated carbocycles. The number of carboxylic acid groups (broad SMARTS) is 1. The molecule has 0 bridgehead atoms. The molecule has 1 aromatic rings. The molecule has 1 aromatic carbocycles. The third kappa shape index (κ3) is 2.67. The van der Waals surface area contributed by atoms with Crippen LogP contribution in [0, 0.1) is 11.3 Å². The van der Waals surface area contributed by atoms with Crippen LogP contribution in [0.3, 0.4) is 0 Å². The minimum absolute atomic E-state index is 0.0195. The van der Waals surface area contributed by atoms with Gasteiger partial charge in [-0.05, 0) is 5.56 Å². The third-order valence-electron chi connectivity index (χ3n) is 4.08. The van der Waals surface area contributed by atoms with Crippen LogP contribution in [0.1, 0.15) is 11.5 Å². The second-order valence-corrected chi connectivity index (χ2v) is 6.71. The second kappa shape index (κ2) is 6.63. The predicted octanol–water partition coefficient (Wildman–Crippen LogP) is 1.36. The Balaban J connectivity index is 2.23. The largest absolute Gasteiger partial charge is 0.478 e. The summed E-state index contributed by atoms with van der Waals surface area (Å²) < 4.78 is 5.04. The molecule has 2 atom stereocenters. The monoisotopic (exact) mass is 357 g/mol. The highest BCUT2D eigenvalue weighted by atomic mass is 32.2. The Kier molecular flexibility index (Phi) is 4.53. The smallest absolute Gasteiger partial charge is 0.335 e. The van der Waals surface area contributed by atoms with Gasteiger partial charge in [-0.2, -0.15) is 5.26 Å². The number of ether oxygens (including phenoxy) is 1. The number of aliphatic carboxylic acids is 1. The van der Waals surface area contributed by atoms with E-state index in [2.05, 4.69) is 0 Å². The minimum Gasteiger partial charge on any atom is -0.478 e. The van der Waals surface area contributed by atoms with E-state index in [1.54, 1.807) is 30.3 Å². The van der Waals surface area contributed by atoms with E-state index >= 15 is 0 Å². The molecular formula is C17H15N3O4S. The fourth-order valence-electron chi connectivity index (χ4n) is 3.00. The molecule has 0 aromatic heterocycles. The lowest BCUT2D eigenvalue weighted by atomic mass is 9.83. The first-order valence-corrected chi connectivity index (χ1v) is 8.30. The maximum Gasteiger partial charge on any atom is 0.335 e. The molecular weight excluding hydrogens is 342 g/mol. The Morgan fingerprint density at radius 3 is 2.68 bits per heavy atom. The molecule has 2 aliphatic heterocycles. The number of amides is 1. The van der Waals surface area contributed by atoms with Gasteiger partial charge in [0.2, 0.25) is 5.91 Å². The number of hydrogen-bond acceptors (Lipinski definition) is 6. The Bertz CT molecular complexity index is 841. The molecule has 1 fully saturated rings. The lowest BCUT2D eigenvalue weighted by Gasteiger charge is -2.30. The van der Waals surface area contributed by atoms with Crippen molar-refractivity contribution in [3.8, 4) is 6.07 Å². The van der Waals surface area contributed by atoms with Gasteiger partial charge in [0.05, 0.1) is 34.8 Å². The second-order valence-electron chi connectivity index (χ2n) is 5.51. The lowest BCUT2D eigenvalue weighted by Crippen LogP contribution is -2.38. The van der Waals surface area contributed by atoms with E-state index in [1.165, 1.54) is 7.11 Å². The summed E-state index contributed by atoms with van der Waals surface area (Å²) in [6.45, 7) is 0.127. The Hall–Kier alpha value is -2.76. The van der Waals surface area contributed by atoms with E-state index in [-0.39, 0.29) is 34.5 Å². The normalized spacial score (nSPS) is 22.9. The van der Waals surface area contributed by atoms with Gasteiger partial charge >= 0.3 is 5.97 Å². The quantitative estimate of drug-likeness (QED) is 0.835. The summed E-state index contributed by atoms with van der Waals surface area (Å²) in [5, 5.41) is 19.1. The number of hydrogen-bond donors (Lipinski definition) is 2. The van der Waals surface area contributed by atoms with Gasteiger partial charge in [-0.3, -0.25) is 9.69 Å². The molecule has 1 saturated heterocycles. The number of methoxy groups -OCH3 is 1. The van der Waals surface area contributed by atoms with Crippen molar-refractivity contribution >= 4 is 23.6 Å². The standard InChI is InChI=1S/C17H15N3O4S/c1-24-8-11-15(21)20-14(19)10(7-18)12(9-5-3-2-4-6-9)13(17(22)23)16(20)25-11/h2-6,11-12H,8,19H2,1H3,(H,22,23). The molecule has 2 heterocycles. The van der Waals surface area contributed by atoms with Crippen LogP contribution in [-0.4, -0.2) is 40.8 Å². The molecule has 25 heavy (non-hydrogen) atoms. The highest BCUT2D eigenvalue weighted by Gasteiger charge is 2.48. The molecule has 7 nitrogen and oxygen atoms in total. The molecule has 1 amide bonds. The number of rotatable bonds is 4. The van der Waals surface area contributed by atoms with E-state index < -0.39 is 17.1 Å². The maximum absolute atomic E-state index is 12.6. The van der Waals surface area contributed by atoms with Crippen LogP contribution in [0.4, 0.5) is 0 Å². The van der Waals surface area contributed by atoms with Crippen molar-refractivity contribution in [2.75, 3.05) is 13.7 Å². The number of nitriles is 1. The molecule has 128 valence electrons. The summed E-state index contributed by atoms with van der Waals surface area (Å²) in [7, 11) is 1.46. The number of carbonyl (C=O) groups excluding carboxylic acids is 1. The Morgan fingerprint density at radius 1 is 1.44 bits per heavy atom. The van der Waals surface area contributed by atoms with Gasteiger partial charge in [0.1, 0.15) is 11.1 Å². The molecule has 2 unspecified atom stereocenters. The van der Waals surface area contributed by atoms with Gasteiger partial charge in [-0.25, -0.2) is 4.79 Å². The number of benzene rings is 1. The van der Waals surface area contributed by atoms with E-state index in [4.69, 9.17) is 10.5 Å². The molecule has 2 aliphatic rings. The number of carboxylic acids is 1. The van der Waals surface area contributed by atoms with Crippen molar-refractivity contribution in [2.45, 2.75) is 11.2 Å². The predicted molar refractivity (Wildman–Crippen MR) is 90.8 cm³/mol. The third-order valence-corrected chi connectivity index (χ3v) is 5.33. The van der Waals surface area contributed by atoms with Crippen LogP contribution < -0.4 is 5.73 Å². The van der Waals surface area contributed by atoms with Crippen molar-refractivity contribution < 1.29 is 19.4 Å². The average molecular weight is 357 g/mol. The zero-order valence-electron chi connectivity index (χ0n) is 13.3. The summed E-state index contributed by atoms with van der Waals surface area (Å²) in [6, 6.07) is 10.8. The zero-order chi connectivity index (χ0) is 18.1. The fourth-order valence-corrected chi connectivity index (χ4v) is 4.31. The highest BCUT2D eigenvalue weighted by molar-refractivity contribution is 8.04. The highest BCUT2D eigenvalue weighted by Crippen LogP contribution is 2.49. The van der Waals surface area contributed by atoms with Gasteiger partial charge in [0, 0.05) is 7.11 Å². The van der Waals surface area contributed by atoms with Crippen LogP contribution >= 0.6 is 11.8 Å². The SMILES string of the molecule is COCC1SC2=C(C(=O)O)C(c3ccccc3)C(C#N)=C(N)N2C1=O. The summed E-state index contributed by atoms with van der Waals surface area (Å²) in [4.78, 5) is 25.7. The number of nitrogens with two attached hydrogens (primary N) is 1. The lowest BCUT2D eigenvalue weighted by molar-refractivity contribution is -0.133. The van der Waals surface area contributed by atoms with Gasteiger partial charge in [-0.15, -0.1) is 0 Å². The van der Waals surface area contributed by atoms with Crippen molar-refractivity contribution in [3.05, 3.63) is 57.9 Å². The van der Waals surface area contributed by atoms with Crippen molar-refractivity contribution in [3.63, 3.8) is 0 Å². The van der Waals surface area contributed by atoms with Gasteiger partial charge in [-0.1, -0.05) is 42.1 Å². The summed E-state index contributed by atoms with van der Waals surface area (Å²) >= 11 is 1.11. The van der Waals surface area contributed by atoms with Crippen molar-refractivity contribution in [1.82, 2.24) is 4.90 Å². The number of thioether (sulfide) groups is 1. The van der Waals surface area contributed by atoms with E-state index in [1.807, 2.05) is 6.07 Å². The maximum atomic E-state index is 12.6. The first-order valence-electron chi connectivity index (χ1n) is 7.43. The van der Waals surface area contributed by atoms with Gasteiger partial charge in [0.15, 0.2) is 0 Å². The molecule has 0 radical (unpaired) electrons. The van der Waals surface area contributed by atoms with E-state index in [0.29, 0.717) is 5.56 Å². The zero-order valence-corrected chi connectivity index (χ0v) is 14.1. The van der Waals surface area contributed by atoms with Crippen LogP contribution in [0.15, 0.2) is 52.3 Å². The van der Waals surface area contributed by atoms with Crippen LogP contribution in [0.2, 0.25) is 0 Å². The molecule has 3 rings (SSSR count). The molecule has 8 heteroatoms. The van der Waals surface area contributed by atoms with Crippen molar-refractivity contribution in [1.29, 1.82) is 5.26 Å². The molecule has 0 spiro atoms. The van der Waals surface area contributed by atoms with Crippen molar-refractivity contribution in [2.24, 2.45) is 5.73 Å². The van der Waals surface area contributed by atoms with E-state index in [0.717, 1.165) is 16.7 Å². The summed E-state index contributed by atoms with van der Waals surface area (Å²) in [5.41, 5.74) is 6.76. The number of carbonyl (C=O) groups is 2. The van der Waals surface area contributed by atoms with Crippen LogP contribution in [0.5, 0.6) is 0 Å². The minimum atomic E-state index is -1.19. The number of fused-ring (bicyclic) bond motifs is 1. The molecule has 3 N–H and O–H groups in total. The van der Waals surface area contributed by atoms with Crippen LogP contribution in [-0.2, 0) is 14.3 Å². The Labute approximate surface area is 148 Å². The van der Waals surface area contributed by atoms with Gasteiger partial charge < -0.3 is 15.6 Å². The van der Waals surface area contributed by atoms with Crippen LogP contribution in [0.25, 0.3) is 0 Å². The fraction of sp³-hybridized carbons (Fsp3) is 0.235. The number of nitrogens with zero attached hydrogens (tertiary/aromatic N) is 2. The van der Waals surface area contributed by atoms with Gasteiger partial charge in [0.25, 0.3) is 0 Å². The summed E-state index contributed by atoms with van der Waals surface area (Å²) in [6.07, 6.45) is 0. The van der Waals surface area contributed by atoms with E-state index in [9.17, 15) is 20.0 Å². The first-order chi connectivity index (χ1) is 12.0. The summed E-state index contributed by atoms with van der Waals surface area (Å²) in [5.74, 6) is -2.41.